The lowest BCUT2D eigenvalue weighted by atomic mass is 9.89. The Morgan fingerprint density at radius 3 is 2.36 bits per heavy atom. The molecule has 1 heterocycles. The van der Waals surface area contributed by atoms with E-state index in [1.165, 1.54) is 13.1 Å². The van der Waals surface area contributed by atoms with Crippen molar-refractivity contribution in [1.82, 2.24) is 4.90 Å². The summed E-state index contributed by atoms with van der Waals surface area (Å²) in [6.45, 7) is -0.753. The van der Waals surface area contributed by atoms with Crippen LogP contribution < -0.4 is 4.90 Å². The Morgan fingerprint density at radius 1 is 1.18 bits per heavy atom. The zero-order chi connectivity index (χ0) is 20.7. The van der Waals surface area contributed by atoms with Crippen molar-refractivity contribution in [3.8, 4) is 6.07 Å². The number of urea groups is 1. The molecule has 146 valence electrons. The maximum Gasteiger partial charge on any atom is 0.417 e. The summed E-state index contributed by atoms with van der Waals surface area (Å²) in [5.41, 5.74) is -3.65. The van der Waals surface area contributed by atoms with Crippen molar-refractivity contribution in [3.63, 3.8) is 0 Å². The molecular weight excluding hydrogens is 375 g/mol. The van der Waals surface area contributed by atoms with Gasteiger partial charge in [-0.3, -0.25) is 4.79 Å². The first-order valence-corrected chi connectivity index (χ1v) is 8.08. The van der Waals surface area contributed by atoms with Crippen molar-refractivity contribution in [2.45, 2.75) is 11.7 Å². The Labute approximate surface area is 159 Å². The van der Waals surface area contributed by atoms with Gasteiger partial charge >= 0.3 is 12.2 Å². The van der Waals surface area contributed by atoms with Crippen molar-refractivity contribution in [1.29, 1.82) is 5.26 Å². The second kappa shape index (κ2) is 6.65. The molecule has 0 radical (unpaired) electrons. The molecule has 2 aromatic rings. The van der Waals surface area contributed by atoms with Crippen molar-refractivity contribution < 1.29 is 29.3 Å². The summed E-state index contributed by atoms with van der Waals surface area (Å²) < 4.78 is 39.8. The topological polar surface area (TPSA) is 84.6 Å². The molecule has 0 aliphatic carbocycles. The van der Waals surface area contributed by atoms with Gasteiger partial charge in [0.2, 0.25) is 0 Å². The lowest BCUT2D eigenvalue weighted by molar-refractivity contribution is -0.137. The van der Waals surface area contributed by atoms with Crippen LogP contribution in [0.2, 0.25) is 0 Å². The van der Waals surface area contributed by atoms with Crippen molar-refractivity contribution in [2.24, 2.45) is 0 Å². The molecule has 9 heteroatoms. The minimum atomic E-state index is -4.84. The summed E-state index contributed by atoms with van der Waals surface area (Å²) in [4.78, 5) is 27.5. The maximum atomic E-state index is 13.3. The van der Waals surface area contributed by atoms with E-state index in [2.05, 4.69) is 0 Å². The van der Waals surface area contributed by atoms with Crippen LogP contribution in [0, 0.1) is 11.3 Å². The highest BCUT2D eigenvalue weighted by atomic mass is 19.4. The molecule has 1 aliphatic rings. The maximum absolute atomic E-state index is 13.3. The predicted octanol–water partition coefficient (Wildman–Crippen LogP) is 3.11. The van der Waals surface area contributed by atoms with E-state index in [1.54, 1.807) is 30.3 Å². The van der Waals surface area contributed by atoms with Gasteiger partial charge in [0.05, 0.1) is 29.5 Å². The Bertz CT molecular complexity index is 992. The smallest absolute Gasteiger partial charge is 0.393 e. The van der Waals surface area contributed by atoms with E-state index in [-0.39, 0.29) is 7.11 Å². The number of anilines is 1. The third-order valence-electron chi connectivity index (χ3n) is 4.78. The zero-order valence-electron chi connectivity index (χ0n) is 14.6. The largest absolute Gasteiger partial charge is 0.417 e. The van der Waals surface area contributed by atoms with E-state index in [0.29, 0.717) is 16.5 Å². The number of hydrogen-bond donors (Lipinski definition) is 1. The standard InChI is InChI=1S/C19H14F3N3O3.H2/c1-24-17(28)25(14-8-7-12(10-23)15(9-14)19(20,21)22)16(27)18(24,11-26)13-5-3-2-4-6-13;/h2-9,26H,11H2,1H3;1H/t18-;/m1./s1. The molecule has 1 aliphatic heterocycles. The van der Waals surface area contributed by atoms with Crippen LogP contribution in [-0.2, 0) is 16.5 Å². The van der Waals surface area contributed by atoms with Crippen LogP contribution in [0.4, 0.5) is 23.7 Å². The summed E-state index contributed by atoms with van der Waals surface area (Å²) in [5, 5.41) is 18.9. The van der Waals surface area contributed by atoms with Crippen LogP contribution in [0.15, 0.2) is 48.5 Å². The van der Waals surface area contributed by atoms with E-state index in [1.807, 2.05) is 0 Å². The Hall–Kier alpha value is -3.38. The summed E-state index contributed by atoms with van der Waals surface area (Å²) >= 11 is 0. The number of imide groups is 1. The Kier molecular flexibility index (Phi) is 4.61. The molecule has 0 unspecified atom stereocenters. The molecule has 1 fully saturated rings. The Balaban J connectivity index is 0.00000300. The highest BCUT2D eigenvalue weighted by molar-refractivity contribution is 6.23. The number of carbonyl (C=O) groups excluding carboxylic acids is 2. The van der Waals surface area contributed by atoms with Gasteiger partial charge in [0.25, 0.3) is 5.91 Å². The van der Waals surface area contributed by atoms with E-state index >= 15 is 0 Å². The van der Waals surface area contributed by atoms with Crippen LogP contribution in [-0.4, -0.2) is 35.6 Å². The van der Waals surface area contributed by atoms with Crippen LogP contribution >= 0.6 is 0 Å². The monoisotopic (exact) mass is 391 g/mol. The van der Waals surface area contributed by atoms with E-state index in [9.17, 15) is 27.9 Å². The van der Waals surface area contributed by atoms with Gasteiger partial charge in [-0.1, -0.05) is 30.3 Å². The normalized spacial score (nSPS) is 19.9. The number of halogens is 3. The molecule has 3 rings (SSSR count). The lowest BCUT2D eigenvalue weighted by Gasteiger charge is -2.31. The molecule has 0 spiro atoms. The average molecular weight is 391 g/mol. The first-order chi connectivity index (χ1) is 13.2. The van der Waals surface area contributed by atoms with Crippen LogP contribution in [0.1, 0.15) is 18.1 Å². The number of amides is 3. The number of benzene rings is 2. The van der Waals surface area contributed by atoms with Gasteiger partial charge in [-0.15, -0.1) is 0 Å². The first kappa shape index (κ1) is 19.4. The highest BCUT2D eigenvalue weighted by Crippen LogP contribution is 2.40. The minimum absolute atomic E-state index is 0. The molecule has 1 N–H and O–H groups in total. The summed E-state index contributed by atoms with van der Waals surface area (Å²) in [5.74, 6) is -0.883. The van der Waals surface area contributed by atoms with E-state index in [4.69, 9.17) is 5.26 Å². The number of likely N-dealkylation sites (N-methyl/N-ethyl adjacent to an activating group) is 1. The second-order valence-corrected chi connectivity index (χ2v) is 6.21. The third kappa shape index (κ3) is 2.70. The fourth-order valence-electron chi connectivity index (χ4n) is 3.26. The van der Waals surface area contributed by atoms with Gasteiger partial charge in [0, 0.05) is 8.47 Å². The average Bonchev–Trinajstić information content (AvgIpc) is 2.87. The fourth-order valence-corrected chi connectivity index (χ4v) is 3.26. The Morgan fingerprint density at radius 2 is 1.82 bits per heavy atom. The minimum Gasteiger partial charge on any atom is -0.393 e. The summed E-state index contributed by atoms with van der Waals surface area (Å²) in [7, 11) is 1.29. The zero-order valence-corrected chi connectivity index (χ0v) is 14.6. The molecule has 0 saturated carbocycles. The van der Waals surface area contributed by atoms with Gasteiger partial charge in [0.1, 0.15) is 0 Å². The number of rotatable bonds is 3. The number of aliphatic hydroxyl groups is 1. The second-order valence-electron chi connectivity index (χ2n) is 6.21. The number of alkyl halides is 3. The van der Waals surface area contributed by atoms with Gasteiger partial charge in [-0.2, -0.15) is 18.4 Å². The number of aliphatic hydroxyl groups excluding tert-OH is 1. The van der Waals surface area contributed by atoms with Gasteiger partial charge in [-0.25, -0.2) is 9.69 Å². The van der Waals surface area contributed by atoms with Crippen molar-refractivity contribution >= 4 is 17.6 Å². The van der Waals surface area contributed by atoms with E-state index < -0.39 is 41.4 Å². The van der Waals surface area contributed by atoms with Crippen LogP contribution in [0.3, 0.4) is 0 Å². The number of hydrogen-bond acceptors (Lipinski definition) is 4. The number of carbonyl (C=O) groups is 2. The van der Waals surface area contributed by atoms with Crippen molar-refractivity contribution in [3.05, 3.63) is 65.2 Å². The molecular formula is C19H16F3N3O3. The summed E-state index contributed by atoms with van der Waals surface area (Å²) in [6, 6.07) is 11.1. The quantitative estimate of drug-likeness (QED) is 0.815. The van der Waals surface area contributed by atoms with Gasteiger partial charge < -0.3 is 10.0 Å². The van der Waals surface area contributed by atoms with E-state index in [0.717, 1.165) is 17.0 Å². The van der Waals surface area contributed by atoms with Crippen LogP contribution in [0.25, 0.3) is 0 Å². The molecule has 0 bridgehead atoms. The third-order valence-corrected chi connectivity index (χ3v) is 4.78. The predicted molar refractivity (Wildman–Crippen MR) is 94.1 cm³/mol. The van der Waals surface area contributed by atoms with Crippen molar-refractivity contribution in [2.75, 3.05) is 18.6 Å². The molecule has 3 amide bonds. The number of nitriles is 1. The highest BCUT2D eigenvalue weighted by Gasteiger charge is 2.57. The first-order valence-electron chi connectivity index (χ1n) is 8.08. The molecule has 2 aromatic carbocycles. The number of nitrogens with zero attached hydrogens (tertiary/aromatic N) is 3. The van der Waals surface area contributed by atoms with Crippen LogP contribution in [0.5, 0.6) is 0 Å². The molecule has 0 aromatic heterocycles. The molecule has 1 atom stereocenters. The van der Waals surface area contributed by atoms with Gasteiger partial charge in [0.15, 0.2) is 5.54 Å². The summed E-state index contributed by atoms with van der Waals surface area (Å²) in [6.07, 6.45) is -4.84. The molecule has 28 heavy (non-hydrogen) atoms. The molecule has 6 nitrogen and oxygen atoms in total. The lowest BCUT2D eigenvalue weighted by Crippen LogP contribution is -2.48. The fraction of sp³-hybridized carbons (Fsp3) is 0.211. The SMILES string of the molecule is CN1C(=O)N(c2ccc(C#N)c(C(F)(F)F)c2)C(=O)[C@@]1(CO)c1ccccc1.[HH]. The molecule has 1 saturated heterocycles. The van der Waals surface area contributed by atoms with Gasteiger partial charge in [-0.05, 0) is 23.8 Å².